The van der Waals surface area contributed by atoms with Gasteiger partial charge in [-0.3, -0.25) is 19.2 Å². The minimum Gasteiger partial charge on any atom is -0.480 e. The van der Waals surface area contributed by atoms with E-state index in [1.54, 1.807) is 13.8 Å². The normalized spacial score (nSPS) is 13.7. The molecule has 1 heterocycles. The Morgan fingerprint density at radius 1 is 1.10 bits per heavy atom. The van der Waals surface area contributed by atoms with Crippen molar-refractivity contribution in [3.05, 3.63) is 18.2 Å². The van der Waals surface area contributed by atoms with Crippen LogP contribution in [0, 0.1) is 5.92 Å². The van der Waals surface area contributed by atoms with Gasteiger partial charge in [0.15, 0.2) is 0 Å². The Balaban J connectivity index is 3.03. The van der Waals surface area contributed by atoms with Crippen molar-refractivity contribution in [2.75, 3.05) is 6.54 Å². The molecule has 166 valence electrons. The molecule has 1 aromatic heterocycles. The van der Waals surface area contributed by atoms with Gasteiger partial charge in [0, 0.05) is 18.3 Å². The third-order valence-electron chi connectivity index (χ3n) is 4.08. The quantitative estimate of drug-likeness (QED) is 0.182. The van der Waals surface area contributed by atoms with E-state index in [0.717, 1.165) is 0 Å². The molecule has 4 amide bonds. The highest BCUT2D eigenvalue weighted by molar-refractivity contribution is 5.95. The van der Waals surface area contributed by atoms with Crippen LogP contribution in [0.15, 0.2) is 12.5 Å². The van der Waals surface area contributed by atoms with Crippen molar-refractivity contribution in [3.63, 3.8) is 0 Å². The molecule has 0 saturated heterocycles. The van der Waals surface area contributed by atoms with Crippen LogP contribution in [0.1, 0.15) is 26.0 Å². The van der Waals surface area contributed by atoms with Gasteiger partial charge in [0.2, 0.25) is 23.6 Å². The van der Waals surface area contributed by atoms with E-state index in [-0.39, 0.29) is 6.42 Å². The molecule has 9 N–H and O–H groups in total. The molecule has 0 saturated carbocycles. The summed E-state index contributed by atoms with van der Waals surface area (Å²) in [4.78, 5) is 66.2. The molecule has 0 bridgehead atoms. The smallest absolute Gasteiger partial charge is 0.326 e. The Labute approximate surface area is 172 Å². The summed E-state index contributed by atoms with van der Waals surface area (Å²) in [5.74, 6) is -4.81. The molecule has 0 spiro atoms. The molecule has 0 fully saturated rings. The Hall–Kier alpha value is -3.48. The lowest BCUT2D eigenvalue weighted by Gasteiger charge is -2.25. The van der Waals surface area contributed by atoms with Crippen LogP contribution in [0.25, 0.3) is 0 Å². The zero-order valence-corrected chi connectivity index (χ0v) is 16.7. The number of primary amides is 1. The number of amides is 4. The van der Waals surface area contributed by atoms with Crippen molar-refractivity contribution in [1.29, 1.82) is 0 Å². The van der Waals surface area contributed by atoms with Crippen molar-refractivity contribution >= 4 is 29.6 Å². The highest BCUT2D eigenvalue weighted by atomic mass is 16.4. The summed E-state index contributed by atoms with van der Waals surface area (Å²) in [5, 5.41) is 16.4. The molecule has 0 aliphatic heterocycles. The number of H-pyrrole nitrogens is 1. The number of nitrogens with two attached hydrogens (primary N) is 2. The molecule has 13 heteroatoms. The van der Waals surface area contributed by atoms with Crippen molar-refractivity contribution < 1.29 is 29.1 Å². The van der Waals surface area contributed by atoms with Crippen LogP contribution in [0.2, 0.25) is 0 Å². The number of imidazole rings is 1. The Bertz CT molecular complexity index is 765. The number of aliphatic carboxylic acids is 1. The summed E-state index contributed by atoms with van der Waals surface area (Å²) >= 11 is 0. The molecule has 3 unspecified atom stereocenters. The van der Waals surface area contributed by atoms with Gasteiger partial charge in [0.1, 0.15) is 18.1 Å². The number of hydrogen-bond donors (Lipinski definition) is 7. The number of rotatable bonds is 12. The van der Waals surface area contributed by atoms with Crippen molar-refractivity contribution in [3.8, 4) is 0 Å². The fraction of sp³-hybridized carbons (Fsp3) is 0.529. The third kappa shape index (κ3) is 7.87. The molecule has 3 atom stereocenters. The summed E-state index contributed by atoms with van der Waals surface area (Å²) in [5.41, 5.74) is 10.8. The second-order valence-corrected chi connectivity index (χ2v) is 6.91. The molecule has 0 aromatic carbocycles. The summed E-state index contributed by atoms with van der Waals surface area (Å²) in [6.45, 7) is 2.81. The van der Waals surface area contributed by atoms with Crippen molar-refractivity contribution in [2.45, 2.75) is 44.8 Å². The first-order valence-electron chi connectivity index (χ1n) is 9.13. The molecule has 1 rings (SSSR count). The monoisotopic (exact) mass is 425 g/mol. The van der Waals surface area contributed by atoms with E-state index in [1.807, 2.05) is 0 Å². The maximum atomic E-state index is 12.7. The predicted molar refractivity (Wildman–Crippen MR) is 103 cm³/mol. The third-order valence-corrected chi connectivity index (χ3v) is 4.08. The van der Waals surface area contributed by atoms with Gasteiger partial charge in [-0.1, -0.05) is 13.8 Å². The minimum absolute atomic E-state index is 0.0455. The number of nitrogens with zero attached hydrogens (tertiary/aromatic N) is 1. The minimum atomic E-state index is -1.35. The lowest BCUT2D eigenvalue weighted by Crippen LogP contribution is -2.58. The molecular formula is C17H27N7O6. The fourth-order valence-corrected chi connectivity index (χ4v) is 2.53. The van der Waals surface area contributed by atoms with E-state index in [2.05, 4.69) is 25.9 Å². The van der Waals surface area contributed by atoms with Crippen LogP contribution < -0.4 is 27.4 Å². The lowest BCUT2D eigenvalue weighted by molar-refractivity contribution is -0.143. The first-order chi connectivity index (χ1) is 14.0. The number of carbonyl (C=O) groups excluding carboxylic acids is 4. The second kappa shape index (κ2) is 11.5. The van der Waals surface area contributed by atoms with Gasteiger partial charge >= 0.3 is 5.97 Å². The molecule has 0 aliphatic carbocycles. The van der Waals surface area contributed by atoms with Crippen LogP contribution in [-0.2, 0) is 30.4 Å². The Morgan fingerprint density at radius 2 is 1.73 bits per heavy atom. The van der Waals surface area contributed by atoms with E-state index in [1.165, 1.54) is 12.5 Å². The standard InChI is InChI=1S/C17H27N7O6/c1-8(2)14(17(29)30)24-16(28)10(3-9-6-20-7-21-9)23-15(27)11(4-12(19)25)22-13(26)5-18/h6-8,10-11,14H,3-5,18H2,1-2H3,(H2,19,25)(H,20,21)(H,22,26)(H,23,27)(H,24,28)(H,29,30). The van der Waals surface area contributed by atoms with Crippen LogP contribution in [0.5, 0.6) is 0 Å². The van der Waals surface area contributed by atoms with E-state index >= 15 is 0 Å². The average molecular weight is 425 g/mol. The topological polar surface area (TPSA) is 222 Å². The van der Waals surface area contributed by atoms with Crippen LogP contribution in [0.4, 0.5) is 0 Å². The number of nitrogens with one attached hydrogen (secondary N) is 4. The first-order valence-corrected chi connectivity index (χ1v) is 9.13. The first kappa shape index (κ1) is 24.6. The average Bonchev–Trinajstić information content (AvgIpc) is 3.16. The maximum Gasteiger partial charge on any atom is 0.326 e. The summed E-state index contributed by atoms with van der Waals surface area (Å²) in [7, 11) is 0. The zero-order valence-electron chi connectivity index (χ0n) is 16.7. The van der Waals surface area contributed by atoms with Gasteiger partial charge in [-0.05, 0) is 5.92 Å². The highest BCUT2D eigenvalue weighted by Gasteiger charge is 2.31. The maximum absolute atomic E-state index is 12.7. The SMILES string of the molecule is CC(C)C(NC(=O)C(Cc1cnc[nH]1)NC(=O)C(CC(N)=O)NC(=O)CN)C(=O)O. The van der Waals surface area contributed by atoms with Crippen LogP contribution in [0.3, 0.4) is 0 Å². The molecular weight excluding hydrogens is 398 g/mol. The number of carboxylic acid groups (broad SMARTS) is 1. The Morgan fingerprint density at radius 3 is 2.20 bits per heavy atom. The molecule has 30 heavy (non-hydrogen) atoms. The van der Waals surface area contributed by atoms with Crippen LogP contribution in [-0.4, -0.2) is 69.3 Å². The van der Waals surface area contributed by atoms with Gasteiger partial charge in [0.05, 0.1) is 19.3 Å². The number of aromatic amines is 1. The van der Waals surface area contributed by atoms with E-state index < -0.39 is 66.6 Å². The zero-order chi connectivity index (χ0) is 22.8. The van der Waals surface area contributed by atoms with E-state index in [4.69, 9.17) is 11.5 Å². The predicted octanol–water partition coefficient (Wildman–Crippen LogP) is -3.02. The molecule has 0 aliphatic rings. The number of aromatic nitrogens is 2. The largest absolute Gasteiger partial charge is 0.480 e. The number of carbonyl (C=O) groups is 5. The molecule has 0 radical (unpaired) electrons. The summed E-state index contributed by atoms with van der Waals surface area (Å²) in [6, 6.07) is -3.75. The van der Waals surface area contributed by atoms with Gasteiger partial charge in [-0.15, -0.1) is 0 Å². The lowest BCUT2D eigenvalue weighted by atomic mass is 10.0. The van der Waals surface area contributed by atoms with Gasteiger partial charge in [0.25, 0.3) is 0 Å². The van der Waals surface area contributed by atoms with E-state index in [9.17, 15) is 29.1 Å². The van der Waals surface area contributed by atoms with Crippen molar-refractivity contribution in [1.82, 2.24) is 25.9 Å². The van der Waals surface area contributed by atoms with Gasteiger partial charge < -0.3 is 37.5 Å². The van der Waals surface area contributed by atoms with E-state index in [0.29, 0.717) is 5.69 Å². The van der Waals surface area contributed by atoms with Crippen LogP contribution >= 0.6 is 0 Å². The molecule has 1 aromatic rings. The van der Waals surface area contributed by atoms with Gasteiger partial charge in [-0.2, -0.15) is 0 Å². The summed E-state index contributed by atoms with van der Waals surface area (Å²) in [6.07, 6.45) is 2.24. The summed E-state index contributed by atoms with van der Waals surface area (Å²) < 4.78 is 0. The number of hydrogen-bond acceptors (Lipinski definition) is 7. The second-order valence-electron chi connectivity index (χ2n) is 6.91. The van der Waals surface area contributed by atoms with Gasteiger partial charge in [-0.25, -0.2) is 9.78 Å². The fourth-order valence-electron chi connectivity index (χ4n) is 2.53. The van der Waals surface area contributed by atoms with Crippen molar-refractivity contribution in [2.24, 2.45) is 17.4 Å². The molecule has 13 nitrogen and oxygen atoms in total. The Kier molecular flexibility index (Phi) is 9.42. The highest BCUT2D eigenvalue weighted by Crippen LogP contribution is 2.05. The number of carboxylic acids is 1.